The average Bonchev–Trinajstić information content (AvgIpc) is 1.61. The van der Waals surface area contributed by atoms with E-state index in [4.69, 9.17) is 25.0 Å². The number of non-ortho nitro benzene ring substituents is 3. The first-order valence-corrected chi connectivity index (χ1v) is 44.5. The third kappa shape index (κ3) is 20.9. The molecule has 26 nitrogen and oxygen atoms in total. The van der Waals surface area contributed by atoms with Gasteiger partial charge in [-0.2, -0.15) is 0 Å². The summed E-state index contributed by atoms with van der Waals surface area (Å²) in [6.07, 6.45) is 12.1. The topological polar surface area (TPSA) is 372 Å². The fraction of sp³-hybridized carbons (Fsp3) is 0.303. The van der Waals surface area contributed by atoms with Crippen molar-refractivity contribution in [2.45, 2.75) is 185 Å². The molecule has 0 bridgehead atoms. The van der Waals surface area contributed by atoms with Gasteiger partial charge in [-0.3, -0.25) is 75.1 Å². The van der Waals surface area contributed by atoms with Gasteiger partial charge in [0.1, 0.15) is 0 Å². The molecule has 0 N–H and O–H groups in total. The second-order valence-corrected chi connectivity index (χ2v) is 40.9. The summed E-state index contributed by atoms with van der Waals surface area (Å²) >= 11 is 0. The summed E-state index contributed by atoms with van der Waals surface area (Å²) in [6.45, 7) is 50.6. The molecule has 0 aromatic heterocycles. The van der Waals surface area contributed by atoms with Crippen LogP contribution in [0.15, 0.2) is 270 Å². The fourth-order valence-electron chi connectivity index (χ4n) is 16.9. The van der Waals surface area contributed by atoms with Crippen molar-refractivity contribution in [3.63, 3.8) is 0 Å². The number of aliphatic imine (C=N–C) groups is 5. The van der Waals surface area contributed by atoms with Crippen LogP contribution in [0.2, 0.25) is 0 Å². The zero-order valence-corrected chi connectivity index (χ0v) is 80.9. The Kier molecular flexibility index (Phi) is 27.5. The van der Waals surface area contributed by atoms with E-state index in [1.165, 1.54) is 18.2 Å². The van der Waals surface area contributed by atoms with Crippen LogP contribution < -0.4 is 0 Å². The number of nitro benzene ring substituents is 6. The Hall–Kier alpha value is -15.1. The number of para-hydroxylation sites is 3. The van der Waals surface area contributed by atoms with Crippen molar-refractivity contribution in [1.29, 1.82) is 0 Å². The molecule has 15 rings (SSSR count). The van der Waals surface area contributed by atoms with E-state index in [0.29, 0.717) is 129 Å². The zero-order valence-electron chi connectivity index (χ0n) is 80.9. The number of fused-ring (bicyclic) bond motifs is 9. The highest BCUT2D eigenvalue weighted by atomic mass is 16.6. The van der Waals surface area contributed by atoms with Crippen LogP contribution in [0.5, 0.6) is 0 Å². The normalized spacial score (nSPS) is 15.3. The third-order valence-electron chi connectivity index (χ3n) is 23.9. The van der Waals surface area contributed by atoms with Crippen LogP contribution in [0, 0.1) is 121 Å². The first kappa shape index (κ1) is 98.9. The maximum absolute atomic E-state index is 13.9. The van der Waals surface area contributed by atoms with Gasteiger partial charge in [0.05, 0.1) is 110 Å². The Morgan fingerprint density at radius 3 is 0.896 bits per heavy atom. The molecule has 0 aliphatic heterocycles. The van der Waals surface area contributed by atoms with Gasteiger partial charge >= 0.3 is 0 Å². The van der Waals surface area contributed by atoms with Crippen molar-refractivity contribution in [1.82, 2.24) is 0 Å². The van der Waals surface area contributed by atoms with Crippen molar-refractivity contribution in [2.75, 3.05) is 0 Å². The molecule has 6 aliphatic rings. The molecule has 0 unspecified atom stereocenters. The highest BCUT2D eigenvalue weighted by Crippen LogP contribution is 2.52. The van der Waals surface area contributed by atoms with E-state index in [1.54, 1.807) is 0 Å². The lowest BCUT2D eigenvalue weighted by Crippen LogP contribution is -2.30. The first-order chi connectivity index (χ1) is 62.9. The minimum absolute atomic E-state index is 0.0274. The van der Waals surface area contributed by atoms with Crippen LogP contribution in [0.1, 0.15) is 218 Å². The molecule has 0 amide bonds. The fourth-order valence-corrected chi connectivity index (χ4v) is 16.9. The lowest BCUT2D eigenvalue weighted by Gasteiger charge is -2.32. The summed E-state index contributed by atoms with van der Waals surface area (Å²) in [5.41, 5.74) is 18.1. The number of rotatable bonds is 13. The Bertz CT molecular complexity index is 6830. The molecule has 692 valence electrons. The molecular formula is C109H111N11O15. The van der Waals surface area contributed by atoms with E-state index in [1.807, 2.05) is 323 Å². The van der Waals surface area contributed by atoms with E-state index in [0.717, 1.165) is 86.1 Å². The van der Waals surface area contributed by atoms with Crippen LogP contribution in [0.25, 0.3) is 33.4 Å². The van der Waals surface area contributed by atoms with Gasteiger partial charge in [0.15, 0.2) is 23.2 Å². The molecule has 6 aliphatic carbocycles. The van der Waals surface area contributed by atoms with Crippen LogP contribution in [-0.4, -0.2) is 75.4 Å². The number of benzene rings is 9. The predicted molar refractivity (Wildman–Crippen MR) is 535 cm³/mol. The van der Waals surface area contributed by atoms with E-state index in [9.17, 15) is 75.1 Å². The molecule has 9 aromatic carbocycles. The van der Waals surface area contributed by atoms with Gasteiger partial charge in [-0.15, -0.1) is 0 Å². The van der Waals surface area contributed by atoms with E-state index >= 15 is 0 Å². The Balaban J connectivity index is 0.000000166. The van der Waals surface area contributed by atoms with Crippen molar-refractivity contribution in [3.05, 3.63) is 373 Å². The van der Waals surface area contributed by atoms with E-state index in [-0.39, 0.29) is 57.4 Å². The van der Waals surface area contributed by atoms with E-state index < -0.39 is 62.0 Å². The minimum atomic E-state index is -0.618. The number of nitro groups is 6. The largest absolute Gasteiger partial charge is 0.289 e. The van der Waals surface area contributed by atoms with Crippen LogP contribution in [0.4, 0.5) is 51.2 Å². The number of Topliss-reactive ketones (excluding diaryl/α,β-unsaturated/α-hetero) is 3. The van der Waals surface area contributed by atoms with Crippen molar-refractivity contribution < 1.29 is 43.9 Å². The van der Waals surface area contributed by atoms with Gasteiger partial charge < -0.3 is 0 Å². The highest BCUT2D eigenvalue weighted by molar-refractivity contribution is 6.30. The molecular weight excluding hydrogens is 1700 g/mol. The molecule has 9 aromatic rings. The minimum Gasteiger partial charge on any atom is -0.289 e. The van der Waals surface area contributed by atoms with Gasteiger partial charge in [0, 0.05) is 90.6 Å². The van der Waals surface area contributed by atoms with Gasteiger partial charge in [0.25, 0.3) is 34.1 Å². The number of hydrogen-bond donors (Lipinski definition) is 0. The molecule has 0 radical (unpaired) electrons. The summed E-state index contributed by atoms with van der Waals surface area (Å²) in [5, 5.41) is 69.4. The average molecular weight is 1820 g/mol. The van der Waals surface area contributed by atoms with Crippen LogP contribution >= 0.6 is 0 Å². The molecule has 0 saturated carbocycles. The van der Waals surface area contributed by atoms with Gasteiger partial charge in [-0.05, 0) is 179 Å². The number of nitrogens with zero attached hydrogens (tertiary/aromatic N) is 11. The molecule has 0 fully saturated rings. The van der Waals surface area contributed by atoms with Gasteiger partial charge in [-0.1, -0.05) is 253 Å². The Morgan fingerprint density at radius 1 is 0.319 bits per heavy atom. The first-order valence-electron chi connectivity index (χ1n) is 44.5. The number of allylic oxidation sites excluding steroid dienone is 13. The number of ketones is 3. The standard InChI is InChI=1S/C43H60N2O3.C23H19N3O4.C22H17N3O4.C21H15N3O4/c1-38(2,3)28-19-25(20-29(34(28)46)39(4,5)6)37(44-26-21-30(40(7,8)9)35(47)31(22-26)41(10,11)12)45-27-23-32(42(13,14)15)36(48)33(24-27)43(16,17)18;1-13(2)16-6-4-5-7-20(16)24-23-18-10-14(3)8-9-17(18)22-19(23)11-15(25(27)28)12-21(22)26(29)30;1-3-14-6-4-5-7-19(14)23-22-17-10-13(2)8-9-16(17)21-18(22)11-15(24(26)27)12-20(21)25(28)29;1-12-7-8-15-16(9-12)21(22-18-6-4-3-5-13(18)2)17-10-14(23(25)26)11-19(20(15)17)24(27)28/h19-24H,1-18H3;4-13H,1-3H3;4-12H,3H2,1-2H3;3-11H,1-2H3. The summed E-state index contributed by atoms with van der Waals surface area (Å²) < 4.78 is 0. The lowest BCUT2D eigenvalue weighted by molar-refractivity contribution is -0.394. The Morgan fingerprint density at radius 2 is 0.600 bits per heavy atom. The van der Waals surface area contributed by atoms with Crippen LogP contribution in [-0.2, 0) is 20.8 Å². The van der Waals surface area contributed by atoms with Crippen molar-refractivity contribution in [2.24, 2.45) is 57.5 Å². The summed E-state index contributed by atoms with van der Waals surface area (Å²) in [7, 11) is 0. The number of carbonyl (C=O) groups is 3. The second kappa shape index (κ2) is 37.5. The molecule has 26 heteroatoms. The zero-order chi connectivity index (χ0) is 99.4. The monoisotopic (exact) mass is 1810 g/mol. The van der Waals surface area contributed by atoms with Crippen LogP contribution in [0.3, 0.4) is 0 Å². The summed E-state index contributed by atoms with van der Waals surface area (Å²) in [4.78, 5) is 132. The number of hydrogen-bond acceptors (Lipinski definition) is 20. The highest BCUT2D eigenvalue weighted by Gasteiger charge is 2.43. The van der Waals surface area contributed by atoms with Crippen molar-refractivity contribution in [3.8, 4) is 33.4 Å². The second-order valence-electron chi connectivity index (χ2n) is 40.9. The molecule has 0 spiro atoms. The van der Waals surface area contributed by atoms with E-state index in [2.05, 4.69) is 13.8 Å². The maximum atomic E-state index is 13.9. The molecule has 0 atom stereocenters. The summed E-state index contributed by atoms with van der Waals surface area (Å²) in [5.74, 6) is 0.734. The molecule has 135 heavy (non-hydrogen) atoms. The third-order valence-corrected chi connectivity index (χ3v) is 23.9. The predicted octanol–water partition coefficient (Wildman–Crippen LogP) is 27.5. The lowest BCUT2D eigenvalue weighted by atomic mass is 9.71. The number of carbonyl (C=O) groups excluding carboxylic acids is 3. The smallest absolute Gasteiger partial charge is 0.284 e. The Labute approximate surface area is 785 Å². The quantitative estimate of drug-likeness (QED) is 0.0588. The SMILES string of the molecule is CC(C)(C)C1=CC(=NC(N=C2C=C(C(C)(C)C)C(=O)C(C(C)(C)C)=C2)=C2C=C(C(C)(C)C)C(=O)C(C(C)(C)C)=C2)C=C(C(C)(C)C)C1=O.CCc1ccccc1N=C1c2cc(C)ccc2-c2c1cc([N+](=O)[O-])cc2[N+](=O)[O-].Cc1ccc2c(c1)C(=Nc1ccccc1C(C)C)c1cc([N+](=O)[O-])cc([N+](=O)[O-])c1-2.Cc1ccc2c(c1)C(=Nc1ccccc1C)c1cc([N+](=O)[O-])cc([N+](=O)[O-])c1-2. The molecule has 0 saturated heterocycles. The molecule has 0 heterocycles. The van der Waals surface area contributed by atoms with Gasteiger partial charge in [-0.25, -0.2) is 25.0 Å². The van der Waals surface area contributed by atoms with Gasteiger partial charge in [0.2, 0.25) is 0 Å². The summed E-state index contributed by atoms with van der Waals surface area (Å²) in [6, 6.07) is 46.9. The number of aryl methyl sites for hydroxylation is 5. The van der Waals surface area contributed by atoms with Crippen molar-refractivity contribution >= 4 is 97.1 Å². The maximum Gasteiger partial charge on any atom is 0.284 e.